The molecule has 0 aliphatic rings. The van der Waals surface area contributed by atoms with E-state index in [-0.39, 0.29) is 22.2 Å². The van der Waals surface area contributed by atoms with Crippen molar-refractivity contribution in [2.45, 2.75) is 20.0 Å². The van der Waals surface area contributed by atoms with Crippen LogP contribution in [0.4, 0.5) is 29.1 Å². The van der Waals surface area contributed by atoms with Crippen LogP contribution in [0.1, 0.15) is 16.8 Å². The molecule has 0 atom stereocenters. The van der Waals surface area contributed by atoms with E-state index >= 15 is 0 Å². The number of halogens is 5. The lowest BCUT2D eigenvalue weighted by Crippen LogP contribution is -2.13. The molecule has 0 aliphatic heterocycles. The van der Waals surface area contributed by atoms with Gasteiger partial charge in [0.15, 0.2) is 0 Å². The Kier molecular flexibility index (Phi) is 4.94. The number of hydrogen-bond donors (Lipinski definition) is 1. The van der Waals surface area contributed by atoms with Crippen molar-refractivity contribution < 1.29 is 17.6 Å². The van der Waals surface area contributed by atoms with Crippen LogP contribution >= 0.6 is 11.6 Å². The molecular weight excluding hydrogens is 418 g/mol. The zero-order valence-electron chi connectivity index (χ0n) is 16.0. The minimum absolute atomic E-state index is 0.0523. The minimum Gasteiger partial charge on any atom is -0.339 e. The van der Waals surface area contributed by atoms with Gasteiger partial charge in [0.05, 0.1) is 5.02 Å². The molecule has 2 aromatic carbocycles. The molecule has 4 aromatic rings. The molecule has 0 bridgehead atoms. The Morgan fingerprint density at radius 2 is 1.63 bits per heavy atom. The lowest BCUT2D eigenvalue weighted by Gasteiger charge is -2.17. The summed E-state index contributed by atoms with van der Waals surface area (Å²) in [7, 11) is 0. The van der Waals surface area contributed by atoms with Crippen molar-refractivity contribution in [1.82, 2.24) is 9.38 Å². The number of aryl methyl sites for hydroxylation is 2. The number of aromatic nitrogens is 2. The van der Waals surface area contributed by atoms with Gasteiger partial charge in [-0.3, -0.25) is 4.40 Å². The Morgan fingerprint density at radius 3 is 2.27 bits per heavy atom. The largest absolute Gasteiger partial charge is 0.431 e. The molecule has 154 valence electrons. The Labute approximate surface area is 174 Å². The third-order valence-electron chi connectivity index (χ3n) is 4.84. The van der Waals surface area contributed by atoms with Gasteiger partial charge in [-0.1, -0.05) is 35.9 Å². The highest BCUT2D eigenvalue weighted by Crippen LogP contribution is 2.40. The highest BCUT2D eigenvalue weighted by Gasteiger charge is 2.35. The lowest BCUT2D eigenvalue weighted by atomic mass is 10.1. The van der Waals surface area contributed by atoms with Gasteiger partial charge in [-0.15, -0.1) is 0 Å². The molecule has 2 aromatic heterocycles. The number of anilines is 2. The van der Waals surface area contributed by atoms with Gasteiger partial charge < -0.3 is 5.32 Å². The molecule has 2 heterocycles. The smallest absolute Gasteiger partial charge is 0.339 e. The van der Waals surface area contributed by atoms with Gasteiger partial charge in [0.2, 0.25) is 0 Å². The fourth-order valence-corrected chi connectivity index (χ4v) is 3.69. The summed E-state index contributed by atoms with van der Waals surface area (Å²) in [4.78, 5) is 4.40. The average Bonchev–Trinajstić information content (AvgIpc) is 3.02. The van der Waals surface area contributed by atoms with Crippen LogP contribution in [0.15, 0.2) is 54.6 Å². The molecule has 3 nitrogen and oxygen atoms in total. The Bertz CT molecular complexity index is 1240. The Balaban J connectivity index is 2.06. The predicted molar refractivity (Wildman–Crippen MR) is 110 cm³/mol. The normalized spacial score (nSPS) is 11.8. The van der Waals surface area contributed by atoms with Gasteiger partial charge in [0.25, 0.3) is 0 Å². The summed E-state index contributed by atoms with van der Waals surface area (Å²) in [6, 6.07) is 13.0. The van der Waals surface area contributed by atoms with E-state index in [0.717, 1.165) is 27.7 Å². The van der Waals surface area contributed by atoms with Crippen molar-refractivity contribution >= 4 is 28.8 Å². The van der Waals surface area contributed by atoms with E-state index in [1.807, 2.05) is 32.0 Å². The quantitative estimate of drug-likeness (QED) is 0.347. The van der Waals surface area contributed by atoms with Gasteiger partial charge in [-0.2, -0.15) is 13.2 Å². The van der Waals surface area contributed by atoms with Gasteiger partial charge in [0, 0.05) is 11.3 Å². The molecule has 0 fully saturated rings. The Hall–Kier alpha value is -3.06. The van der Waals surface area contributed by atoms with Crippen molar-refractivity contribution in [2.75, 3.05) is 5.32 Å². The van der Waals surface area contributed by atoms with Crippen LogP contribution in [0.5, 0.6) is 0 Å². The maximum atomic E-state index is 13.8. The first-order chi connectivity index (χ1) is 14.2. The fourth-order valence-electron chi connectivity index (χ4n) is 3.43. The summed E-state index contributed by atoms with van der Waals surface area (Å²) >= 11 is 6.22. The van der Waals surface area contributed by atoms with Gasteiger partial charge in [0.1, 0.15) is 28.7 Å². The maximum absolute atomic E-state index is 13.8. The van der Waals surface area contributed by atoms with Crippen LogP contribution in [0.25, 0.3) is 16.9 Å². The summed E-state index contributed by atoms with van der Waals surface area (Å²) in [6.45, 7) is 3.71. The summed E-state index contributed by atoms with van der Waals surface area (Å²) in [6.07, 6.45) is -4.61. The first-order valence-corrected chi connectivity index (χ1v) is 9.42. The van der Waals surface area contributed by atoms with E-state index in [0.29, 0.717) is 11.3 Å². The van der Waals surface area contributed by atoms with Crippen molar-refractivity contribution in [3.05, 3.63) is 82.3 Å². The van der Waals surface area contributed by atoms with Crippen LogP contribution in [0, 0.1) is 19.7 Å². The molecule has 0 aliphatic carbocycles. The summed E-state index contributed by atoms with van der Waals surface area (Å²) in [5.41, 5.74) is 2.09. The van der Waals surface area contributed by atoms with Crippen molar-refractivity contribution in [3.8, 4) is 11.3 Å². The second-order valence-electron chi connectivity index (χ2n) is 6.93. The molecule has 0 amide bonds. The molecule has 1 N–H and O–H groups in total. The molecule has 0 unspecified atom stereocenters. The molecule has 0 radical (unpaired) electrons. The van der Waals surface area contributed by atoms with E-state index in [1.165, 1.54) is 24.3 Å². The number of pyridine rings is 1. The lowest BCUT2D eigenvalue weighted by molar-refractivity contribution is -0.141. The number of fused-ring (bicyclic) bond motifs is 1. The third kappa shape index (κ3) is 3.50. The topological polar surface area (TPSA) is 29.3 Å². The average molecular weight is 434 g/mol. The first kappa shape index (κ1) is 20.2. The third-order valence-corrected chi connectivity index (χ3v) is 5.16. The maximum Gasteiger partial charge on any atom is 0.431 e. The zero-order chi connectivity index (χ0) is 21.6. The molecule has 0 saturated carbocycles. The van der Waals surface area contributed by atoms with E-state index < -0.39 is 17.7 Å². The van der Waals surface area contributed by atoms with E-state index in [4.69, 9.17) is 11.6 Å². The first-order valence-electron chi connectivity index (χ1n) is 9.04. The van der Waals surface area contributed by atoms with E-state index in [9.17, 15) is 17.6 Å². The highest BCUT2D eigenvalue weighted by molar-refractivity contribution is 6.33. The van der Waals surface area contributed by atoms with Crippen LogP contribution in [0.3, 0.4) is 0 Å². The zero-order valence-corrected chi connectivity index (χ0v) is 16.7. The van der Waals surface area contributed by atoms with Crippen LogP contribution < -0.4 is 5.32 Å². The number of benzene rings is 2. The molecule has 30 heavy (non-hydrogen) atoms. The number of imidazole rings is 1. The van der Waals surface area contributed by atoms with Crippen LogP contribution in [0.2, 0.25) is 5.02 Å². The van der Waals surface area contributed by atoms with Crippen molar-refractivity contribution in [2.24, 2.45) is 0 Å². The number of alkyl halides is 3. The van der Waals surface area contributed by atoms with Gasteiger partial charge >= 0.3 is 6.18 Å². The molecule has 0 saturated heterocycles. The van der Waals surface area contributed by atoms with Crippen molar-refractivity contribution in [3.63, 3.8) is 0 Å². The summed E-state index contributed by atoms with van der Waals surface area (Å²) in [5.74, 6) is -0.448. The SMILES string of the molecule is Cc1cccc(C)c1Nc1c(-c2ccc(F)cc2Cl)nc2cccc(C(F)(F)F)n12. The number of para-hydroxylation sites is 1. The van der Waals surface area contributed by atoms with E-state index in [2.05, 4.69) is 10.3 Å². The van der Waals surface area contributed by atoms with E-state index in [1.54, 1.807) is 0 Å². The van der Waals surface area contributed by atoms with Crippen molar-refractivity contribution in [1.29, 1.82) is 0 Å². The molecule has 4 rings (SSSR count). The molecular formula is C22H16ClF4N3. The number of nitrogens with zero attached hydrogens (tertiary/aromatic N) is 2. The van der Waals surface area contributed by atoms with Crippen LogP contribution in [-0.4, -0.2) is 9.38 Å². The summed E-state index contributed by atoms with van der Waals surface area (Å²) < 4.78 is 55.9. The standard InChI is InChI=1S/C22H16ClF4N3/c1-12-5-3-6-13(2)19(12)29-21-20(15-10-9-14(24)11-16(15)23)28-18-8-4-7-17(30(18)21)22(25,26)27/h3-11,29H,1-2H3. The van der Waals surface area contributed by atoms with Gasteiger partial charge in [-0.05, 0) is 55.3 Å². The monoisotopic (exact) mass is 433 g/mol. The molecule has 8 heteroatoms. The predicted octanol–water partition coefficient (Wildman–Crippen LogP) is 7.17. The molecule has 0 spiro atoms. The number of nitrogens with one attached hydrogen (secondary N) is 1. The Morgan fingerprint density at radius 1 is 0.967 bits per heavy atom. The number of rotatable bonds is 3. The summed E-state index contributed by atoms with van der Waals surface area (Å²) in [5, 5.41) is 3.19. The minimum atomic E-state index is -4.61. The van der Waals surface area contributed by atoms with Gasteiger partial charge in [-0.25, -0.2) is 9.37 Å². The second kappa shape index (κ2) is 7.32. The fraction of sp³-hybridized carbons (Fsp3) is 0.136. The van der Waals surface area contributed by atoms with Crippen LogP contribution in [-0.2, 0) is 6.18 Å². The highest BCUT2D eigenvalue weighted by atomic mass is 35.5. The number of hydrogen-bond acceptors (Lipinski definition) is 2. The second-order valence-corrected chi connectivity index (χ2v) is 7.33.